The van der Waals surface area contributed by atoms with Gasteiger partial charge in [0.05, 0.1) is 12.6 Å². The minimum Gasteiger partial charge on any atom is -0.370 e. The van der Waals surface area contributed by atoms with E-state index in [2.05, 4.69) is 29.0 Å². The standard InChI is InChI=1S/C15H25N5O2/c1-3-20(4-2)15(16)17-9-11-7-8-12(21-11)14-18-13(19-22-14)10-5-6-10/h10-12H,3-9H2,1-2H3,(H2,16,17)/t11-,12+/m1/s1. The number of hydrogen-bond acceptors (Lipinski definition) is 5. The molecule has 1 aromatic heterocycles. The maximum Gasteiger partial charge on any atom is 0.255 e. The number of ether oxygens (including phenoxy) is 1. The van der Waals surface area contributed by atoms with Crippen molar-refractivity contribution >= 4 is 5.96 Å². The number of aliphatic imine (C=N–C) groups is 1. The Labute approximate surface area is 130 Å². The first-order chi connectivity index (χ1) is 10.7. The summed E-state index contributed by atoms with van der Waals surface area (Å²) >= 11 is 0. The average Bonchev–Trinajstić information content (AvgIpc) is 3.08. The van der Waals surface area contributed by atoms with Gasteiger partial charge < -0.3 is 19.9 Å². The second kappa shape index (κ2) is 6.64. The van der Waals surface area contributed by atoms with Crippen molar-refractivity contribution in [2.45, 2.75) is 57.7 Å². The third kappa shape index (κ3) is 3.40. The van der Waals surface area contributed by atoms with Crippen LogP contribution in [0.25, 0.3) is 0 Å². The quantitative estimate of drug-likeness (QED) is 0.637. The normalized spacial score (nSPS) is 25.6. The van der Waals surface area contributed by atoms with Crippen molar-refractivity contribution in [2.24, 2.45) is 10.7 Å². The number of hydrogen-bond donors (Lipinski definition) is 1. The van der Waals surface area contributed by atoms with Crippen LogP contribution in [-0.4, -0.2) is 46.7 Å². The van der Waals surface area contributed by atoms with Gasteiger partial charge in [-0.2, -0.15) is 4.98 Å². The van der Waals surface area contributed by atoms with E-state index in [0.29, 0.717) is 24.3 Å². The molecule has 1 saturated carbocycles. The minimum absolute atomic E-state index is 0.0791. The van der Waals surface area contributed by atoms with Gasteiger partial charge in [0.25, 0.3) is 5.89 Å². The molecule has 0 unspecified atom stereocenters. The monoisotopic (exact) mass is 307 g/mol. The molecule has 2 aliphatic rings. The smallest absolute Gasteiger partial charge is 0.255 e. The molecule has 22 heavy (non-hydrogen) atoms. The SMILES string of the molecule is CCN(CC)C(N)=NC[C@H]1CC[C@@H](c2nc(C3CC3)no2)O1. The van der Waals surface area contributed by atoms with Crippen LogP contribution in [-0.2, 0) is 4.74 Å². The summed E-state index contributed by atoms with van der Waals surface area (Å²) in [5, 5.41) is 4.05. The average molecular weight is 307 g/mol. The fourth-order valence-electron chi connectivity index (χ4n) is 2.75. The lowest BCUT2D eigenvalue weighted by atomic mass is 10.2. The van der Waals surface area contributed by atoms with Gasteiger partial charge in [0.15, 0.2) is 11.8 Å². The van der Waals surface area contributed by atoms with Crippen LogP contribution in [0.5, 0.6) is 0 Å². The van der Waals surface area contributed by atoms with Crippen LogP contribution in [0.2, 0.25) is 0 Å². The van der Waals surface area contributed by atoms with Gasteiger partial charge in [-0.25, -0.2) is 0 Å². The predicted octanol–water partition coefficient (Wildman–Crippen LogP) is 1.82. The van der Waals surface area contributed by atoms with E-state index in [1.165, 1.54) is 12.8 Å². The summed E-state index contributed by atoms with van der Waals surface area (Å²) in [6.45, 7) is 6.46. The molecule has 2 heterocycles. The molecular weight excluding hydrogens is 282 g/mol. The lowest BCUT2D eigenvalue weighted by Crippen LogP contribution is -2.37. The van der Waals surface area contributed by atoms with Gasteiger partial charge >= 0.3 is 0 Å². The summed E-state index contributed by atoms with van der Waals surface area (Å²) in [5.41, 5.74) is 5.99. The van der Waals surface area contributed by atoms with Crippen molar-refractivity contribution in [2.75, 3.05) is 19.6 Å². The molecule has 0 spiro atoms. The van der Waals surface area contributed by atoms with Gasteiger partial charge in [-0.1, -0.05) is 5.16 Å². The third-order valence-corrected chi connectivity index (χ3v) is 4.33. The van der Waals surface area contributed by atoms with Crippen LogP contribution in [0.3, 0.4) is 0 Å². The van der Waals surface area contributed by atoms with Crippen LogP contribution in [0.4, 0.5) is 0 Å². The first-order valence-electron chi connectivity index (χ1n) is 8.25. The second-order valence-corrected chi connectivity index (χ2v) is 5.96. The zero-order valence-electron chi connectivity index (χ0n) is 13.4. The van der Waals surface area contributed by atoms with E-state index in [9.17, 15) is 0 Å². The molecule has 122 valence electrons. The van der Waals surface area contributed by atoms with Gasteiger partial charge in [-0.05, 0) is 39.5 Å². The highest BCUT2D eigenvalue weighted by molar-refractivity contribution is 5.78. The Morgan fingerprint density at radius 2 is 2.05 bits per heavy atom. The van der Waals surface area contributed by atoms with E-state index in [1.807, 2.05) is 4.90 Å². The maximum absolute atomic E-state index is 5.99. The molecule has 1 aliphatic heterocycles. The van der Waals surface area contributed by atoms with Crippen molar-refractivity contribution in [1.29, 1.82) is 0 Å². The number of guanidine groups is 1. The molecular formula is C15H25N5O2. The molecule has 1 aromatic rings. The van der Waals surface area contributed by atoms with Crippen LogP contribution in [0.15, 0.2) is 9.52 Å². The Balaban J connectivity index is 1.52. The summed E-state index contributed by atoms with van der Waals surface area (Å²) in [4.78, 5) is 10.9. The van der Waals surface area contributed by atoms with Crippen molar-refractivity contribution in [3.8, 4) is 0 Å². The highest BCUT2D eigenvalue weighted by atomic mass is 16.5. The lowest BCUT2D eigenvalue weighted by Gasteiger charge is -2.20. The summed E-state index contributed by atoms with van der Waals surface area (Å²) < 4.78 is 11.3. The highest BCUT2D eigenvalue weighted by Crippen LogP contribution is 2.39. The van der Waals surface area contributed by atoms with Gasteiger partial charge in [0.2, 0.25) is 0 Å². The Morgan fingerprint density at radius 1 is 1.27 bits per heavy atom. The van der Waals surface area contributed by atoms with E-state index < -0.39 is 0 Å². The van der Waals surface area contributed by atoms with Gasteiger partial charge in [-0.3, -0.25) is 4.99 Å². The predicted molar refractivity (Wildman–Crippen MR) is 82.5 cm³/mol. The van der Waals surface area contributed by atoms with Gasteiger partial charge in [-0.15, -0.1) is 0 Å². The van der Waals surface area contributed by atoms with Crippen LogP contribution >= 0.6 is 0 Å². The van der Waals surface area contributed by atoms with Crippen molar-refractivity contribution in [3.63, 3.8) is 0 Å². The van der Waals surface area contributed by atoms with Gasteiger partial charge in [0.1, 0.15) is 6.10 Å². The summed E-state index contributed by atoms with van der Waals surface area (Å²) in [6, 6.07) is 0. The Morgan fingerprint density at radius 3 is 2.73 bits per heavy atom. The number of nitrogens with two attached hydrogens (primary N) is 1. The van der Waals surface area contributed by atoms with E-state index in [4.69, 9.17) is 15.0 Å². The molecule has 0 radical (unpaired) electrons. The molecule has 3 rings (SSSR count). The zero-order valence-corrected chi connectivity index (χ0v) is 13.4. The molecule has 2 atom stereocenters. The molecule has 2 fully saturated rings. The van der Waals surface area contributed by atoms with E-state index in [0.717, 1.165) is 31.8 Å². The Hall–Kier alpha value is -1.63. The van der Waals surface area contributed by atoms with Crippen molar-refractivity contribution < 1.29 is 9.26 Å². The van der Waals surface area contributed by atoms with Crippen LogP contribution < -0.4 is 5.73 Å². The number of rotatable bonds is 6. The molecule has 7 nitrogen and oxygen atoms in total. The minimum atomic E-state index is -0.0881. The highest BCUT2D eigenvalue weighted by Gasteiger charge is 2.34. The molecule has 7 heteroatoms. The van der Waals surface area contributed by atoms with E-state index in [-0.39, 0.29) is 12.2 Å². The van der Waals surface area contributed by atoms with Crippen molar-refractivity contribution in [3.05, 3.63) is 11.7 Å². The van der Waals surface area contributed by atoms with Gasteiger partial charge in [0, 0.05) is 19.0 Å². The van der Waals surface area contributed by atoms with Crippen LogP contribution in [0.1, 0.15) is 63.3 Å². The fourth-order valence-corrected chi connectivity index (χ4v) is 2.75. The first-order valence-corrected chi connectivity index (χ1v) is 8.25. The Kier molecular flexibility index (Phi) is 4.61. The molecule has 0 aromatic carbocycles. The van der Waals surface area contributed by atoms with E-state index >= 15 is 0 Å². The molecule has 0 bridgehead atoms. The molecule has 1 aliphatic carbocycles. The largest absolute Gasteiger partial charge is 0.370 e. The van der Waals surface area contributed by atoms with Crippen LogP contribution in [0, 0.1) is 0 Å². The molecule has 1 saturated heterocycles. The molecule has 2 N–H and O–H groups in total. The topological polar surface area (TPSA) is 89.8 Å². The fraction of sp³-hybridized carbons (Fsp3) is 0.800. The Bertz CT molecular complexity index is 522. The third-order valence-electron chi connectivity index (χ3n) is 4.33. The lowest BCUT2D eigenvalue weighted by molar-refractivity contribution is 0.0308. The summed E-state index contributed by atoms with van der Waals surface area (Å²) in [5.74, 6) is 2.55. The number of nitrogens with zero attached hydrogens (tertiary/aromatic N) is 4. The summed E-state index contributed by atoms with van der Waals surface area (Å²) in [6.07, 6.45) is 4.18. The zero-order chi connectivity index (χ0) is 15.5. The van der Waals surface area contributed by atoms with E-state index in [1.54, 1.807) is 0 Å². The number of aromatic nitrogens is 2. The maximum atomic E-state index is 5.99. The summed E-state index contributed by atoms with van der Waals surface area (Å²) in [7, 11) is 0. The second-order valence-electron chi connectivity index (χ2n) is 5.96. The van der Waals surface area contributed by atoms with Crippen molar-refractivity contribution in [1.82, 2.24) is 15.0 Å². The molecule has 0 amide bonds. The first kappa shape index (κ1) is 15.3.